The van der Waals surface area contributed by atoms with Crippen LogP contribution in [0.5, 0.6) is 0 Å². The van der Waals surface area contributed by atoms with E-state index in [9.17, 15) is 67.1 Å². The molecule has 0 spiro atoms. The summed E-state index contributed by atoms with van der Waals surface area (Å²) in [6.45, 7) is 4.85. The van der Waals surface area contributed by atoms with E-state index in [4.69, 9.17) is 0 Å². The second kappa shape index (κ2) is 14.9. The lowest BCUT2D eigenvalue weighted by Crippen LogP contribution is -2.66. The Labute approximate surface area is 315 Å². The van der Waals surface area contributed by atoms with Gasteiger partial charge in [0.15, 0.2) is 29.1 Å². The molecular formula is C40H39F12NO3. The van der Waals surface area contributed by atoms with Crippen LogP contribution < -0.4 is 5.32 Å². The van der Waals surface area contributed by atoms with Crippen LogP contribution in [-0.4, -0.2) is 52.8 Å². The molecule has 2 aliphatic carbocycles. The summed E-state index contributed by atoms with van der Waals surface area (Å²) in [6, 6.07) is 15.1. The van der Waals surface area contributed by atoms with Crippen LogP contribution in [0.3, 0.4) is 0 Å². The van der Waals surface area contributed by atoms with Crippen LogP contribution in [0, 0.1) is 17.5 Å². The van der Waals surface area contributed by atoms with Gasteiger partial charge in [-0.2, -0.15) is 0 Å². The molecule has 1 saturated heterocycles. The number of piperidine rings is 1. The molecule has 2 saturated carbocycles. The lowest BCUT2D eigenvalue weighted by atomic mass is 9.64. The zero-order valence-electron chi connectivity index (χ0n) is 30.8. The third-order valence-corrected chi connectivity index (χ3v) is 11.0. The highest BCUT2D eigenvalue weighted by molar-refractivity contribution is 5.89. The first kappa shape index (κ1) is 44.3. The summed E-state index contributed by atoms with van der Waals surface area (Å²) in [5.74, 6) is -16.0. The average molecular weight is 810 g/mol. The maximum Gasteiger partial charge on any atom is 0.278 e. The number of ketones is 2. The second-order valence-corrected chi connectivity index (χ2v) is 15.5. The van der Waals surface area contributed by atoms with Gasteiger partial charge < -0.3 is 5.32 Å². The molecule has 3 fully saturated rings. The number of alkyl halides is 9. The molecule has 0 aromatic heterocycles. The first-order valence-corrected chi connectivity index (χ1v) is 17.3. The van der Waals surface area contributed by atoms with Crippen molar-refractivity contribution in [1.29, 1.82) is 0 Å². The van der Waals surface area contributed by atoms with E-state index in [1.807, 2.05) is 5.32 Å². The summed E-state index contributed by atoms with van der Waals surface area (Å²) >= 11 is 0. The highest BCUT2D eigenvalue weighted by Gasteiger charge is 2.64. The van der Waals surface area contributed by atoms with E-state index in [1.54, 1.807) is 0 Å². The third-order valence-electron chi connectivity index (χ3n) is 11.0. The monoisotopic (exact) mass is 809 g/mol. The van der Waals surface area contributed by atoms with Crippen molar-refractivity contribution in [2.45, 2.75) is 118 Å². The lowest BCUT2D eigenvalue weighted by molar-refractivity contribution is -0.175. The van der Waals surface area contributed by atoms with Gasteiger partial charge in [0, 0.05) is 29.5 Å². The Bertz CT molecular complexity index is 1890. The van der Waals surface area contributed by atoms with Crippen LogP contribution in [0.25, 0.3) is 0 Å². The number of nitrogens with one attached hydrogen (secondary N) is 1. The predicted octanol–water partition coefficient (Wildman–Crippen LogP) is 10.2. The smallest absolute Gasteiger partial charge is 0.278 e. The number of halogens is 12. The molecule has 3 unspecified atom stereocenters. The first-order valence-electron chi connectivity index (χ1n) is 17.3. The number of carbonyl (C=O) groups excluding carboxylic acids is 3. The van der Waals surface area contributed by atoms with Gasteiger partial charge in [-0.05, 0) is 52.8 Å². The van der Waals surface area contributed by atoms with Gasteiger partial charge in [-0.1, -0.05) is 54.6 Å². The molecule has 6 rings (SSSR count). The van der Waals surface area contributed by atoms with Crippen molar-refractivity contribution >= 4 is 17.5 Å². The Morgan fingerprint density at radius 1 is 0.536 bits per heavy atom. The van der Waals surface area contributed by atoms with E-state index in [1.165, 1.54) is 48.5 Å². The number of hydrogen-bond donors (Lipinski definition) is 1. The van der Waals surface area contributed by atoms with Crippen LogP contribution in [0.1, 0.15) is 83.4 Å². The molecule has 3 aliphatic rings. The van der Waals surface area contributed by atoms with Crippen molar-refractivity contribution in [3.63, 3.8) is 0 Å². The van der Waals surface area contributed by atoms with Gasteiger partial charge in [-0.25, -0.2) is 52.7 Å². The Morgan fingerprint density at radius 3 is 1.38 bits per heavy atom. The maximum absolute atomic E-state index is 14.2. The van der Waals surface area contributed by atoms with Crippen molar-refractivity contribution in [1.82, 2.24) is 5.32 Å². The third kappa shape index (κ3) is 7.93. The molecule has 6 atom stereocenters. The van der Waals surface area contributed by atoms with E-state index in [2.05, 4.69) is 0 Å². The van der Waals surface area contributed by atoms with Crippen LogP contribution in [-0.2, 0) is 30.8 Å². The molecule has 1 aliphatic heterocycles. The zero-order chi connectivity index (χ0) is 42.5. The second-order valence-electron chi connectivity index (χ2n) is 15.5. The standard InChI is InChI=1S/C14H14F4O.C13H13F4NO.C13H12F4O/c1-12(9-5-3-4-6-10(9)15)7-11(19)13(2,16)8-14(12,17)18;1-11(15)7-13(16,17)12(2,18-10(11)19)8-5-3-4-6-9(8)14;1-12(8-4-2-3-5-9(8)14)7-11(18)10(15)6-13(12,16)17/h3-6H,7-8H2,1-2H3;3-6H,7H2,1-2H3,(H,18,19);2-5,10H,6-7H2,1H3/t12-,13?;11?,12-;10?,12-/m111/s1. The average Bonchev–Trinajstić information content (AvgIpc) is 3.06. The van der Waals surface area contributed by atoms with Gasteiger partial charge in [0.05, 0.1) is 30.1 Å². The molecule has 4 nitrogen and oxygen atoms in total. The van der Waals surface area contributed by atoms with Crippen molar-refractivity contribution in [2.75, 3.05) is 0 Å². The summed E-state index contributed by atoms with van der Waals surface area (Å²) in [5.41, 5.74) is -12.3. The van der Waals surface area contributed by atoms with Crippen LogP contribution in [0.15, 0.2) is 72.8 Å². The Hall–Kier alpha value is -4.37. The van der Waals surface area contributed by atoms with E-state index < -0.39 is 119 Å². The number of Topliss-reactive ketones (excluding diaryl/α,β-unsaturated/α-hetero) is 2. The molecule has 1 heterocycles. The number of benzene rings is 3. The van der Waals surface area contributed by atoms with Gasteiger partial charge in [0.2, 0.25) is 0 Å². The fraction of sp³-hybridized carbons (Fsp3) is 0.475. The molecule has 56 heavy (non-hydrogen) atoms. The molecule has 3 aromatic rings. The Kier molecular flexibility index (Phi) is 11.8. The Balaban J connectivity index is 0.000000187. The normalized spacial score (nSPS) is 33.2. The molecule has 306 valence electrons. The highest BCUT2D eigenvalue weighted by atomic mass is 19.3. The molecule has 3 aromatic carbocycles. The van der Waals surface area contributed by atoms with E-state index in [-0.39, 0.29) is 16.7 Å². The fourth-order valence-electron chi connectivity index (χ4n) is 7.15. The molecule has 1 amide bonds. The first-order chi connectivity index (χ1) is 25.5. The zero-order valence-corrected chi connectivity index (χ0v) is 30.8. The van der Waals surface area contributed by atoms with Crippen LogP contribution in [0.4, 0.5) is 52.7 Å². The molecule has 1 N–H and O–H groups in total. The number of rotatable bonds is 3. The molecule has 0 radical (unpaired) electrons. The van der Waals surface area contributed by atoms with Gasteiger partial charge in [-0.3, -0.25) is 14.4 Å². The maximum atomic E-state index is 14.2. The summed E-state index contributed by atoms with van der Waals surface area (Å²) in [7, 11) is 0. The minimum Gasteiger partial charge on any atom is -0.338 e. The topological polar surface area (TPSA) is 63.2 Å². The van der Waals surface area contributed by atoms with Crippen molar-refractivity contribution < 1.29 is 67.1 Å². The van der Waals surface area contributed by atoms with Gasteiger partial charge >= 0.3 is 0 Å². The minimum atomic E-state index is -3.60. The van der Waals surface area contributed by atoms with Crippen LogP contribution in [0.2, 0.25) is 0 Å². The SMILES string of the molecule is CC1(F)CC(F)(F)[C@@](C)(c2ccccc2F)CC1=O.CC1(F)CC(F)(F)[C@@](C)(c2ccccc2F)NC1=O.C[C@]1(c2ccccc2F)CC(=O)C(F)CC1(F)F. The molecular weight excluding hydrogens is 770 g/mol. The van der Waals surface area contributed by atoms with Crippen LogP contribution >= 0.6 is 0 Å². The summed E-state index contributed by atoms with van der Waals surface area (Å²) in [4.78, 5) is 34.6. The van der Waals surface area contributed by atoms with E-state index in [0.29, 0.717) is 0 Å². The Morgan fingerprint density at radius 2 is 0.929 bits per heavy atom. The number of carbonyl (C=O) groups is 3. The summed E-state index contributed by atoms with van der Waals surface area (Å²) in [6.07, 6.45) is -7.26. The highest BCUT2D eigenvalue weighted by Crippen LogP contribution is 2.53. The number of hydrogen-bond acceptors (Lipinski definition) is 3. The van der Waals surface area contributed by atoms with Crippen molar-refractivity contribution in [3.8, 4) is 0 Å². The minimum absolute atomic E-state index is 0.241. The molecule has 16 heteroatoms. The predicted molar refractivity (Wildman–Crippen MR) is 181 cm³/mol. The lowest BCUT2D eigenvalue weighted by Gasteiger charge is -2.45. The van der Waals surface area contributed by atoms with Crippen molar-refractivity contribution in [2.24, 2.45) is 0 Å². The molecule has 0 bridgehead atoms. The van der Waals surface area contributed by atoms with Gasteiger partial charge in [0.1, 0.15) is 23.0 Å². The van der Waals surface area contributed by atoms with Crippen molar-refractivity contribution in [3.05, 3.63) is 107 Å². The summed E-state index contributed by atoms with van der Waals surface area (Å²) < 4.78 is 166. The van der Waals surface area contributed by atoms with Gasteiger partial charge in [0.25, 0.3) is 23.7 Å². The van der Waals surface area contributed by atoms with E-state index in [0.717, 1.165) is 58.9 Å². The quantitative estimate of drug-likeness (QED) is 0.268. The largest absolute Gasteiger partial charge is 0.338 e. The fourth-order valence-corrected chi connectivity index (χ4v) is 7.15. The van der Waals surface area contributed by atoms with E-state index >= 15 is 0 Å². The summed E-state index contributed by atoms with van der Waals surface area (Å²) in [5, 5.41) is 1.93. The number of amides is 1. The van der Waals surface area contributed by atoms with Gasteiger partial charge in [-0.15, -0.1) is 0 Å².